The minimum atomic E-state index is -0.354. The van der Waals surface area contributed by atoms with Crippen molar-refractivity contribution < 1.29 is 9.47 Å². The molecule has 1 rings (SSSR count). The zero-order valence-corrected chi connectivity index (χ0v) is 8.29. The van der Waals surface area contributed by atoms with Crippen molar-refractivity contribution >= 4 is 12.4 Å². The fraction of sp³-hybridized carbons (Fsp3) is 0.333. The van der Waals surface area contributed by atoms with Crippen molar-refractivity contribution in [2.24, 2.45) is 5.73 Å². The third kappa shape index (κ3) is 4.12. The Morgan fingerprint density at radius 2 is 1.92 bits per heavy atom. The zero-order valence-electron chi connectivity index (χ0n) is 7.47. The van der Waals surface area contributed by atoms with Crippen LogP contribution in [0.15, 0.2) is 30.3 Å². The van der Waals surface area contributed by atoms with E-state index in [2.05, 4.69) is 0 Å². The standard InChI is InChI=1S/C9H13NO2.ClH/c1-11-9(7-10)12-8-5-3-2-4-6-8;/h2-6,9H,7,10H2,1H3;1H. The molecule has 0 amide bonds. The molecule has 2 N–H and O–H groups in total. The second kappa shape index (κ2) is 6.71. The lowest BCUT2D eigenvalue weighted by Crippen LogP contribution is -2.28. The molecule has 1 atom stereocenters. The largest absolute Gasteiger partial charge is 0.464 e. The van der Waals surface area contributed by atoms with Gasteiger partial charge in [-0.25, -0.2) is 0 Å². The van der Waals surface area contributed by atoms with E-state index in [1.165, 1.54) is 0 Å². The number of hydrogen-bond acceptors (Lipinski definition) is 3. The zero-order chi connectivity index (χ0) is 8.81. The fourth-order valence-corrected chi connectivity index (χ4v) is 0.843. The maximum atomic E-state index is 5.38. The minimum absolute atomic E-state index is 0. The highest BCUT2D eigenvalue weighted by atomic mass is 35.5. The molecule has 0 spiro atoms. The molecule has 0 bridgehead atoms. The van der Waals surface area contributed by atoms with Crippen LogP contribution in [0.1, 0.15) is 0 Å². The Morgan fingerprint density at radius 3 is 2.38 bits per heavy atom. The van der Waals surface area contributed by atoms with Crippen LogP contribution in [0.4, 0.5) is 0 Å². The fourth-order valence-electron chi connectivity index (χ4n) is 0.843. The summed E-state index contributed by atoms with van der Waals surface area (Å²) in [5.41, 5.74) is 5.38. The molecule has 1 unspecified atom stereocenters. The minimum Gasteiger partial charge on any atom is -0.464 e. The first-order chi connectivity index (χ1) is 5.86. The summed E-state index contributed by atoms with van der Waals surface area (Å²) >= 11 is 0. The molecule has 13 heavy (non-hydrogen) atoms. The molecule has 0 aromatic heterocycles. The first kappa shape index (κ1) is 12.2. The summed E-state index contributed by atoms with van der Waals surface area (Å²) in [7, 11) is 1.57. The van der Waals surface area contributed by atoms with Crippen LogP contribution in [0.25, 0.3) is 0 Å². The Balaban J connectivity index is 0.00000144. The van der Waals surface area contributed by atoms with Crippen LogP contribution in [-0.4, -0.2) is 19.9 Å². The van der Waals surface area contributed by atoms with E-state index < -0.39 is 0 Å². The summed E-state index contributed by atoms with van der Waals surface area (Å²) in [6.07, 6.45) is -0.354. The second-order valence-corrected chi connectivity index (χ2v) is 2.33. The molecule has 3 nitrogen and oxygen atoms in total. The van der Waals surface area contributed by atoms with Gasteiger partial charge in [0.15, 0.2) is 0 Å². The van der Waals surface area contributed by atoms with Crippen molar-refractivity contribution in [2.75, 3.05) is 13.7 Å². The van der Waals surface area contributed by atoms with E-state index in [4.69, 9.17) is 15.2 Å². The summed E-state index contributed by atoms with van der Waals surface area (Å²) in [5, 5.41) is 0. The van der Waals surface area contributed by atoms with E-state index in [9.17, 15) is 0 Å². The predicted molar refractivity (Wildman–Crippen MR) is 54.2 cm³/mol. The average Bonchev–Trinajstić information content (AvgIpc) is 2.16. The molecule has 74 valence electrons. The predicted octanol–water partition coefficient (Wildman–Crippen LogP) is 1.42. The lowest BCUT2D eigenvalue weighted by molar-refractivity contribution is -0.0453. The smallest absolute Gasteiger partial charge is 0.211 e. The van der Waals surface area contributed by atoms with Crippen LogP contribution in [0.3, 0.4) is 0 Å². The van der Waals surface area contributed by atoms with E-state index >= 15 is 0 Å². The molecule has 0 aliphatic carbocycles. The van der Waals surface area contributed by atoms with Gasteiger partial charge in [0.25, 0.3) is 0 Å². The van der Waals surface area contributed by atoms with E-state index in [-0.39, 0.29) is 18.7 Å². The maximum Gasteiger partial charge on any atom is 0.211 e. The number of hydrogen-bond donors (Lipinski definition) is 1. The number of methoxy groups -OCH3 is 1. The molecule has 0 aliphatic heterocycles. The van der Waals surface area contributed by atoms with Gasteiger partial charge < -0.3 is 15.2 Å². The maximum absolute atomic E-state index is 5.38. The second-order valence-electron chi connectivity index (χ2n) is 2.33. The third-order valence-corrected chi connectivity index (χ3v) is 1.47. The molecule has 1 aromatic carbocycles. The van der Waals surface area contributed by atoms with Crippen molar-refractivity contribution in [1.29, 1.82) is 0 Å². The van der Waals surface area contributed by atoms with Crippen LogP contribution in [0.2, 0.25) is 0 Å². The summed E-state index contributed by atoms with van der Waals surface area (Å²) in [6, 6.07) is 9.46. The van der Waals surface area contributed by atoms with Crippen LogP contribution in [0.5, 0.6) is 5.75 Å². The number of ether oxygens (including phenoxy) is 2. The van der Waals surface area contributed by atoms with Gasteiger partial charge in [-0.1, -0.05) is 18.2 Å². The van der Waals surface area contributed by atoms with Gasteiger partial charge in [0, 0.05) is 7.11 Å². The monoisotopic (exact) mass is 203 g/mol. The van der Waals surface area contributed by atoms with Crippen molar-refractivity contribution in [2.45, 2.75) is 6.29 Å². The van der Waals surface area contributed by atoms with Gasteiger partial charge in [-0.3, -0.25) is 0 Å². The Bertz CT molecular complexity index is 214. The van der Waals surface area contributed by atoms with Gasteiger partial charge in [0.2, 0.25) is 6.29 Å². The topological polar surface area (TPSA) is 44.5 Å². The van der Waals surface area contributed by atoms with Gasteiger partial charge in [0.05, 0.1) is 6.54 Å². The molecule has 0 saturated carbocycles. The quantitative estimate of drug-likeness (QED) is 0.753. The van der Waals surface area contributed by atoms with Gasteiger partial charge in [-0.05, 0) is 12.1 Å². The third-order valence-electron chi connectivity index (χ3n) is 1.47. The van der Waals surface area contributed by atoms with E-state index in [1.54, 1.807) is 7.11 Å². The number of halogens is 1. The van der Waals surface area contributed by atoms with Crippen LogP contribution >= 0.6 is 12.4 Å². The first-order valence-corrected chi connectivity index (χ1v) is 3.81. The van der Waals surface area contributed by atoms with Crippen LogP contribution in [-0.2, 0) is 4.74 Å². The van der Waals surface area contributed by atoms with Crippen molar-refractivity contribution in [3.8, 4) is 5.75 Å². The molecule has 0 saturated heterocycles. The molecular weight excluding hydrogens is 190 g/mol. The number of para-hydroxylation sites is 1. The average molecular weight is 204 g/mol. The number of nitrogens with two attached hydrogens (primary N) is 1. The molecule has 0 radical (unpaired) electrons. The summed E-state index contributed by atoms with van der Waals surface area (Å²) in [6.45, 7) is 0.353. The van der Waals surface area contributed by atoms with Crippen LogP contribution in [0, 0.1) is 0 Å². The molecule has 0 heterocycles. The lowest BCUT2D eigenvalue weighted by atomic mass is 10.3. The Labute approximate surface area is 84.2 Å². The Hall–Kier alpha value is -0.770. The van der Waals surface area contributed by atoms with Crippen molar-refractivity contribution in [3.63, 3.8) is 0 Å². The summed E-state index contributed by atoms with van der Waals surface area (Å²) < 4.78 is 10.3. The molecular formula is C9H14ClNO2. The van der Waals surface area contributed by atoms with Crippen LogP contribution < -0.4 is 10.5 Å². The van der Waals surface area contributed by atoms with Gasteiger partial charge >= 0.3 is 0 Å². The molecule has 1 aromatic rings. The molecule has 0 fully saturated rings. The van der Waals surface area contributed by atoms with E-state index in [0.717, 1.165) is 5.75 Å². The number of rotatable bonds is 4. The first-order valence-electron chi connectivity index (χ1n) is 3.81. The summed E-state index contributed by atoms with van der Waals surface area (Å²) in [5.74, 6) is 0.773. The van der Waals surface area contributed by atoms with E-state index in [0.29, 0.717) is 6.54 Å². The SMILES string of the molecule is COC(CN)Oc1ccccc1.Cl. The van der Waals surface area contributed by atoms with Gasteiger partial charge in [0.1, 0.15) is 5.75 Å². The highest BCUT2D eigenvalue weighted by Crippen LogP contribution is 2.10. The highest BCUT2D eigenvalue weighted by Gasteiger charge is 2.04. The van der Waals surface area contributed by atoms with Gasteiger partial charge in [-0.2, -0.15) is 0 Å². The Morgan fingerprint density at radius 1 is 1.31 bits per heavy atom. The van der Waals surface area contributed by atoms with Crippen molar-refractivity contribution in [1.82, 2.24) is 0 Å². The highest BCUT2D eigenvalue weighted by molar-refractivity contribution is 5.85. The van der Waals surface area contributed by atoms with Crippen molar-refractivity contribution in [3.05, 3.63) is 30.3 Å². The van der Waals surface area contributed by atoms with Gasteiger partial charge in [-0.15, -0.1) is 12.4 Å². The Kier molecular flexibility index (Phi) is 6.32. The number of benzene rings is 1. The van der Waals surface area contributed by atoms with E-state index in [1.807, 2.05) is 30.3 Å². The lowest BCUT2D eigenvalue weighted by Gasteiger charge is -2.14. The molecule has 0 aliphatic rings. The normalized spacial score (nSPS) is 11.5. The summed E-state index contributed by atoms with van der Waals surface area (Å²) in [4.78, 5) is 0. The molecule has 4 heteroatoms.